The maximum atomic E-state index is 4.91. The zero-order valence-corrected chi connectivity index (χ0v) is 17.5. The Bertz CT molecular complexity index is 919. The molecule has 4 nitrogen and oxygen atoms in total. The summed E-state index contributed by atoms with van der Waals surface area (Å²) in [5.74, 6) is 0.611. The molecule has 1 aromatic carbocycles. The van der Waals surface area contributed by atoms with E-state index in [4.69, 9.17) is 4.98 Å². The molecular formula is C23H28N4S. The van der Waals surface area contributed by atoms with Crippen molar-refractivity contribution in [2.45, 2.75) is 45.6 Å². The molecule has 1 saturated carbocycles. The normalized spacial score (nSPS) is 14.7. The monoisotopic (exact) mass is 392 g/mol. The second-order valence-corrected chi connectivity index (χ2v) is 8.84. The molecule has 5 heteroatoms. The van der Waals surface area contributed by atoms with Crippen LogP contribution in [-0.2, 0) is 0 Å². The molecule has 28 heavy (non-hydrogen) atoms. The molecule has 1 fully saturated rings. The lowest BCUT2D eigenvalue weighted by Crippen LogP contribution is -2.34. The Morgan fingerprint density at radius 2 is 2.00 bits per heavy atom. The summed E-state index contributed by atoms with van der Waals surface area (Å²) in [6.45, 7) is 10.0. The van der Waals surface area contributed by atoms with Crippen LogP contribution < -0.4 is 0 Å². The van der Waals surface area contributed by atoms with Gasteiger partial charge >= 0.3 is 0 Å². The quantitative estimate of drug-likeness (QED) is 0.504. The van der Waals surface area contributed by atoms with Gasteiger partial charge in [0.25, 0.3) is 0 Å². The molecular weight excluding hydrogens is 364 g/mol. The fraction of sp³-hybridized carbons (Fsp3) is 0.391. The van der Waals surface area contributed by atoms with Crippen molar-refractivity contribution >= 4 is 17.0 Å². The van der Waals surface area contributed by atoms with Crippen molar-refractivity contribution in [2.24, 2.45) is 5.92 Å². The Morgan fingerprint density at radius 1 is 1.25 bits per heavy atom. The zero-order chi connectivity index (χ0) is 19.5. The van der Waals surface area contributed by atoms with Gasteiger partial charge in [0.05, 0.1) is 23.3 Å². The van der Waals surface area contributed by atoms with Gasteiger partial charge in [-0.25, -0.2) is 9.67 Å². The van der Waals surface area contributed by atoms with Gasteiger partial charge < -0.3 is 4.90 Å². The molecule has 0 saturated heterocycles. The van der Waals surface area contributed by atoms with Gasteiger partial charge in [0.15, 0.2) is 0 Å². The molecule has 0 radical (unpaired) electrons. The van der Waals surface area contributed by atoms with E-state index < -0.39 is 0 Å². The number of rotatable bonds is 7. The molecule has 0 atom stereocenters. The molecule has 1 aliphatic carbocycles. The van der Waals surface area contributed by atoms with Crippen LogP contribution in [0.4, 0.5) is 0 Å². The van der Waals surface area contributed by atoms with Crippen LogP contribution in [0.5, 0.6) is 0 Å². The Balaban J connectivity index is 1.55. The van der Waals surface area contributed by atoms with Crippen LogP contribution in [-0.4, -0.2) is 32.3 Å². The first-order chi connectivity index (χ1) is 13.6. The van der Waals surface area contributed by atoms with Gasteiger partial charge in [-0.3, -0.25) is 0 Å². The summed E-state index contributed by atoms with van der Waals surface area (Å²) in [4.78, 5) is 7.41. The average Bonchev–Trinajstić information content (AvgIpc) is 3.47. The molecule has 0 bridgehead atoms. The molecule has 2 heterocycles. The van der Waals surface area contributed by atoms with Crippen molar-refractivity contribution in [1.29, 1.82) is 0 Å². The SMILES string of the molecule is C=C(c1csc(-c2cnn(-c3ccccc3)c2)n1)N(CC(C)C)C1CCCC1. The Kier molecular flexibility index (Phi) is 5.62. The van der Waals surface area contributed by atoms with E-state index in [1.165, 1.54) is 25.7 Å². The fourth-order valence-corrected chi connectivity index (χ4v) is 4.73. The predicted octanol–water partition coefficient (Wildman–Crippen LogP) is 5.87. The number of thiazole rings is 1. The molecule has 146 valence electrons. The Morgan fingerprint density at radius 3 is 2.71 bits per heavy atom. The maximum absolute atomic E-state index is 4.91. The lowest BCUT2D eigenvalue weighted by molar-refractivity contribution is 0.267. The zero-order valence-electron chi connectivity index (χ0n) is 16.7. The third-order valence-electron chi connectivity index (χ3n) is 5.32. The van der Waals surface area contributed by atoms with E-state index in [0.717, 1.165) is 34.2 Å². The highest BCUT2D eigenvalue weighted by Crippen LogP contribution is 2.33. The van der Waals surface area contributed by atoms with Crippen LogP contribution in [0.15, 0.2) is 54.7 Å². The van der Waals surface area contributed by atoms with Crippen LogP contribution in [0, 0.1) is 5.92 Å². The highest BCUT2D eigenvalue weighted by molar-refractivity contribution is 7.13. The molecule has 0 unspecified atom stereocenters. The summed E-state index contributed by atoms with van der Waals surface area (Å²) in [6, 6.07) is 10.8. The standard InChI is InChI=1S/C23H28N4S/c1-17(2)14-26(20-9-7-8-10-20)18(3)22-16-28-23(25-22)19-13-24-27(15-19)21-11-5-4-6-12-21/h4-6,11-13,15-17,20H,3,7-10,14H2,1-2H3. The lowest BCUT2D eigenvalue weighted by Gasteiger charge is -2.33. The second-order valence-electron chi connectivity index (χ2n) is 7.98. The van der Waals surface area contributed by atoms with Crippen molar-refractivity contribution in [3.05, 3.63) is 60.4 Å². The van der Waals surface area contributed by atoms with Crippen LogP contribution in [0.25, 0.3) is 22.0 Å². The predicted molar refractivity (Wildman–Crippen MR) is 118 cm³/mol. The number of hydrogen-bond donors (Lipinski definition) is 0. The first-order valence-electron chi connectivity index (χ1n) is 10.1. The first-order valence-corrected chi connectivity index (χ1v) is 11.0. The van der Waals surface area contributed by atoms with Crippen molar-refractivity contribution in [3.8, 4) is 16.3 Å². The summed E-state index contributed by atoms with van der Waals surface area (Å²) in [5, 5.41) is 7.64. The van der Waals surface area contributed by atoms with E-state index in [9.17, 15) is 0 Å². The van der Waals surface area contributed by atoms with E-state index in [-0.39, 0.29) is 0 Å². The smallest absolute Gasteiger partial charge is 0.127 e. The third-order valence-corrected chi connectivity index (χ3v) is 6.22. The molecule has 0 N–H and O–H groups in total. The molecule has 0 spiro atoms. The van der Waals surface area contributed by atoms with Gasteiger partial charge in [-0.1, -0.05) is 51.5 Å². The van der Waals surface area contributed by atoms with Crippen LogP contribution in [0.2, 0.25) is 0 Å². The first kappa shape index (κ1) is 18.9. The van der Waals surface area contributed by atoms with Crippen LogP contribution in [0.3, 0.4) is 0 Å². The minimum absolute atomic E-state index is 0.611. The van der Waals surface area contributed by atoms with E-state index in [2.05, 4.69) is 47.9 Å². The Labute approximate surface area is 171 Å². The summed E-state index contributed by atoms with van der Waals surface area (Å²) in [7, 11) is 0. The van der Waals surface area contributed by atoms with Gasteiger partial charge in [-0.2, -0.15) is 5.10 Å². The second kappa shape index (κ2) is 8.31. The summed E-state index contributed by atoms with van der Waals surface area (Å²) < 4.78 is 1.90. The van der Waals surface area contributed by atoms with Crippen LogP contribution in [0.1, 0.15) is 45.2 Å². The van der Waals surface area contributed by atoms with Gasteiger partial charge in [0.1, 0.15) is 5.01 Å². The summed E-state index contributed by atoms with van der Waals surface area (Å²) in [6.07, 6.45) is 9.13. The fourth-order valence-electron chi connectivity index (χ4n) is 3.93. The highest BCUT2D eigenvalue weighted by Gasteiger charge is 2.26. The van der Waals surface area contributed by atoms with Crippen molar-refractivity contribution < 1.29 is 0 Å². The number of benzene rings is 1. The molecule has 0 aliphatic heterocycles. The minimum atomic E-state index is 0.611. The molecule has 0 amide bonds. The van der Waals surface area contributed by atoms with Crippen LogP contribution >= 0.6 is 11.3 Å². The van der Waals surface area contributed by atoms with Crippen molar-refractivity contribution in [1.82, 2.24) is 19.7 Å². The number of para-hydroxylation sites is 1. The summed E-state index contributed by atoms with van der Waals surface area (Å²) >= 11 is 1.67. The van der Waals surface area contributed by atoms with E-state index in [0.29, 0.717) is 12.0 Å². The van der Waals surface area contributed by atoms with E-state index in [1.54, 1.807) is 11.3 Å². The number of hydrogen-bond acceptors (Lipinski definition) is 4. The largest absolute Gasteiger partial charge is 0.367 e. The molecule has 3 aromatic rings. The van der Waals surface area contributed by atoms with Gasteiger partial charge in [-0.05, 0) is 30.9 Å². The Hall–Kier alpha value is -2.40. The highest BCUT2D eigenvalue weighted by atomic mass is 32.1. The van der Waals surface area contributed by atoms with Gasteiger partial charge in [0, 0.05) is 29.7 Å². The lowest BCUT2D eigenvalue weighted by atomic mass is 10.1. The molecule has 4 rings (SSSR count). The van der Waals surface area contributed by atoms with Gasteiger partial charge in [-0.15, -0.1) is 11.3 Å². The van der Waals surface area contributed by atoms with Gasteiger partial charge in [0.2, 0.25) is 0 Å². The van der Waals surface area contributed by atoms with Crippen molar-refractivity contribution in [3.63, 3.8) is 0 Å². The maximum Gasteiger partial charge on any atom is 0.127 e. The number of nitrogens with zero attached hydrogens (tertiary/aromatic N) is 4. The average molecular weight is 393 g/mol. The topological polar surface area (TPSA) is 34.0 Å². The van der Waals surface area contributed by atoms with Crippen molar-refractivity contribution in [2.75, 3.05) is 6.54 Å². The number of aromatic nitrogens is 3. The van der Waals surface area contributed by atoms with E-state index in [1.807, 2.05) is 35.3 Å². The third kappa shape index (κ3) is 4.04. The van der Waals surface area contributed by atoms with E-state index >= 15 is 0 Å². The molecule has 2 aromatic heterocycles. The minimum Gasteiger partial charge on any atom is -0.367 e. The molecule has 1 aliphatic rings. The summed E-state index contributed by atoms with van der Waals surface area (Å²) in [5.41, 5.74) is 4.17.